The predicted molar refractivity (Wildman–Crippen MR) is 64.9 cm³/mol. The molecule has 1 aliphatic carbocycles. The number of aliphatic hydroxyl groups is 1. The Bertz CT molecular complexity index is 313. The number of nitrogens with zero attached hydrogens (tertiary/aromatic N) is 1. The highest BCUT2D eigenvalue weighted by Gasteiger charge is 2.47. The van der Waals surface area contributed by atoms with Crippen LogP contribution < -0.4 is 5.73 Å². The molecule has 1 saturated carbocycles. The molecular weight excluding hydrogens is 224 g/mol. The van der Waals surface area contributed by atoms with E-state index in [1.54, 1.807) is 4.90 Å². The molecule has 1 heterocycles. The Morgan fingerprint density at radius 2 is 2.06 bits per heavy atom. The molecule has 1 amide bonds. The summed E-state index contributed by atoms with van der Waals surface area (Å²) in [6, 6.07) is 0. The third-order valence-electron chi connectivity index (χ3n) is 3.79. The number of likely N-dealkylation sites (tertiary alicyclic amines) is 1. The highest BCUT2D eigenvalue weighted by molar-refractivity contribution is 7.80. The summed E-state index contributed by atoms with van der Waals surface area (Å²) in [5, 5.41) is 9.46. The zero-order chi connectivity index (χ0) is 11.8. The van der Waals surface area contributed by atoms with Gasteiger partial charge in [0.2, 0.25) is 5.91 Å². The lowest BCUT2D eigenvalue weighted by atomic mass is 9.84. The van der Waals surface area contributed by atoms with Crippen LogP contribution in [0.5, 0.6) is 0 Å². The molecule has 0 aromatic rings. The summed E-state index contributed by atoms with van der Waals surface area (Å²) in [6.45, 7) is 1.06. The quantitative estimate of drug-likeness (QED) is 0.689. The van der Waals surface area contributed by atoms with E-state index in [1.165, 1.54) is 0 Å². The molecule has 3 N–H and O–H groups in total. The van der Waals surface area contributed by atoms with Gasteiger partial charge in [-0.1, -0.05) is 25.1 Å². The minimum Gasteiger partial charge on any atom is -0.392 e. The Morgan fingerprint density at radius 3 is 2.50 bits per heavy atom. The normalized spacial score (nSPS) is 28.3. The lowest BCUT2D eigenvalue weighted by Crippen LogP contribution is -2.48. The lowest BCUT2D eigenvalue weighted by Gasteiger charge is -2.31. The first-order valence-electron chi connectivity index (χ1n) is 5.83. The predicted octanol–water partition coefficient (Wildman–Crippen LogP) is 0.426. The van der Waals surface area contributed by atoms with Crippen molar-refractivity contribution >= 4 is 23.1 Å². The van der Waals surface area contributed by atoms with Crippen LogP contribution in [0.15, 0.2) is 0 Å². The second-order valence-electron chi connectivity index (χ2n) is 4.85. The van der Waals surface area contributed by atoms with Crippen molar-refractivity contribution in [2.75, 3.05) is 13.1 Å². The molecule has 4 nitrogen and oxygen atoms in total. The Morgan fingerprint density at radius 1 is 1.44 bits per heavy atom. The Hall–Kier alpha value is -0.680. The van der Waals surface area contributed by atoms with Crippen molar-refractivity contribution in [3.8, 4) is 0 Å². The van der Waals surface area contributed by atoms with E-state index in [2.05, 4.69) is 0 Å². The maximum absolute atomic E-state index is 12.4. The molecule has 1 unspecified atom stereocenters. The number of amides is 1. The van der Waals surface area contributed by atoms with Gasteiger partial charge in [0.1, 0.15) is 0 Å². The first-order valence-corrected chi connectivity index (χ1v) is 6.24. The van der Waals surface area contributed by atoms with Gasteiger partial charge in [-0.05, 0) is 19.3 Å². The number of rotatable bonds is 2. The summed E-state index contributed by atoms with van der Waals surface area (Å²) in [5.74, 6) is 0.0362. The molecule has 0 radical (unpaired) electrons. The van der Waals surface area contributed by atoms with E-state index in [9.17, 15) is 9.90 Å². The highest BCUT2D eigenvalue weighted by atomic mass is 32.1. The molecule has 1 saturated heterocycles. The fraction of sp³-hybridized carbons (Fsp3) is 0.818. The van der Waals surface area contributed by atoms with Gasteiger partial charge in [-0.3, -0.25) is 4.79 Å². The van der Waals surface area contributed by atoms with E-state index in [0.717, 1.165) is 25.7 Å². The Balaban J connectivity index is 2.15. The number of carbonyl (C=O) groups excluding carboxylic acids is 1. The maximum atomic E-state index is 12.4. The minimum absolute atomic E-state index is 0.0362. The van der Waals surface area contributed by atoms with Crippen LogP contribution in [0.4, 0.5) is 0 Å². The number of thiocarbonyl (C=S) groups is 1. The van der Waals surface area contributed by atoms with Crippen LogP contribution in [0.2, 0.25) is 0 Å². The summed E-state index contributed by atoms with van der Waals surface area (Å²) in [5.41, 5.74) is 5.15. The van der Waals surface area contributed by atoms with E-state index < -0.39 is 5.41 Å². The molecule has 90 valence electrons. The fourth-order valence-corrected chi connectivity index (χ4v) is 3.06. The number of hydrogen-bond acceptors (Lipinski definition) is 3. The van der Waals surface area contributed by atoms with Crippen LogP contribution >= 0.6 is 12.2 Å². The summed E-state index contributed by atoms with van der Waals surface area (Å²) in [4.78, 5) is 14.5. The van der Waals surface area contributed by atoms with Crippen molar-refractivity contribution in [1.29, 1.82) is 0 Å². The van der Waals surface area contributed by atoms with Crippen molar-refractivity contribution in [1.82, 2.24) is 4.90 Å². The average molecular weight is 242 g/mol. The zero-order valence-corrected chi connectivity index (χ0v) is 10.1. The summed E-state index contributed by atoms with van der Waals surface area (Å²) in [6.07, 6.45) is 3.85. The van der Waals surface area contributed by atoms with Gasteiger partial charge in [0.15, 0.2) is 0 Å². The third-order valence-corrected chi connectivity index (χ3v) is 4.18. The highest BCUT2D eigenvalue weighted by Crippen LogP contribution is 2.40. The summed E-state index contributed by atoms with van der Waals surface area (Å²) < 4.78 is 0. The average Bonchev–Trinajstić information content (AvgIpc) is 2.85. The molecule has 0 aromatic carbocycles. The Kier molecular flexibility index (Phi) is 3.17. The largest absolute Gasteiger partial charge is 0.392 e. The molecule has 1 atom stereocenters. The minimum atomic E-state index is -0.612. The molecular formula is C11H18N2O2S. The van der Waals surface area contributed by atoms with Crippen molar-refractivity contribution in [3.05, 3.63) is 0 Å². The Labute approximate surface area is 101 Å². The monoisotopic (exact) mass is 242 g/mol. The van der Waals surface area contributed by atoms with Gasteiger partial charge >= 0.3 is 0 Å². The lowest BCUT2D eigenvalue weighted by molar-refractivity contribution is -0.137. The standard InChI is InChI=1S/C11H18N2O2S/c12-9(16)11(4-1-2-5-11)10(15)13-6-3-8(14)7-13/h8,14H,1-7H2,(H2,12,16). The summed E-state index contributed by atoms with van der Waals surface area (Å²) >= 11 is 5.08. The number of nitrogens with two attached hydrogens (primary N) is 1. The second-order valence-corrected chi connectivity index (χ2v) is 5.29. The van der Waals surface area contributed by atoms with Crippen LogP contribution in [-0.4, -0.2) is 40.1 Å². The fourth-order valence-electron chi connectivity index (χ4n) is 2.77. The SMILES string of the molecule is NC(=S)C1(C(=O)N2CCC(O)C2)CCCC1. The van der Waals surface area contributed by atoms with Gasteiger partial charge in [0.25, 0.3) is 0 Å². The number of carbonyl (C=O) groups is 1. The molecule has 0 spiro atoms. The molecule has 2 fully saturated rings. The van der Waals surface area contributed by atoms with Crippen LogP contribution in [0.25, 0.3) is 0 Å². The molecule has 2 aliphatic rings. The van der Waals surface area contributed by atoms with Crippen LogP contribution in [0, 0.1) is 5.41 Å². The van der Waals surface area contributed by atoms with Gasteiger partial charge in [0.05, 0.1) is 16.5 Å². The van der Waals surface area contributed by atoms with Crippen molar-refractivity contribution < 1.29 is 9.90 Å². The molecule has 0 bridgehead atoms. The van der Waals surface area contributed by atoms with Crippen LogP contribution in [-0.2, 0) is 4.79 Å². The van der Waals surface area contributed by atoms with Crippen molar-refractivity contribution in [2.24, 2.45) is 11.1 Å². The van der Waals surface area contributed by atoms with Crippen LogP contribution in [0.3, 0.4) is 0 Å². The van der Waals surface area contributed by atoms with E-state index >= 15 is 0 Å². The first-order chi connectivity index (χ1) is 7.56. The van der Waals surface area contributed by atoms with Gasteiger partial charge in [-0.25, -0.2) is 0 Å². The first kappa shape index (κ1) is 11.8. The van der Waals surface area contributed by atoms with E-state index in [0.29, 0.717) is 24.5 Å². The van der Waals surface area contributed by atoms with Gasteiger partial charge in [-0.2, -0.15) is 0 Å². The molecule has 5 heteroatoms. The third kappa shape index (κ3) is 1.82. The number of aliphatic hydroxyl groups excluding tert-OH is 1. The molecule has 2 rings (SSSR count). The summed E-state index contributed by atoms with van der Waals surface area (Å²) in [7, 11) is 0. The van der Waals surface area contributed by atoms with E-state index in [1.807, 2.05) is 0 Å². The van der Waals surface area contributed by atoms with Crippen LogP contribution in [0.1, 0.15) is 32.1 Å². The smallest absolute Gasteiger partial charge is 0.235 e. The van der Waals surface area contributed by atoms with Gasteiger partial charge in [-0.15, -0.1) is 0 Å². The zero-order valence-electron chi connectivity index (χ0n) is 9.32. The molecule has 1 aliphatic heterocycles. The van der Waals surface area contributed by atoms with Crippen molar-refractivity contribution in [3.63, 3.8) is 0 Å². The topological polar surface area (TPSA) is 66.6 Å². The maximum Gasteiger partial charge on any atom is 0.235 e. The second kappa shape index (κ2) is 4.30. The number of β-amino-alcohol motifs (C(OH)–C–C–N with tert-alkyl or cyclic N) is 1. The number of hydrogen-bond donors (Lipinski definition) is 2. The van der Waals surface area contributed by atoms with Gasteiger partial charge in [0, 0.05) is 13.1 Å². The van der Waals surface area contributed by atoms with E-state index in [-0.39, 0.29) is 12.0 Å². The van der Waals surface area contributed by atoms with Crippen molar-refractivity contribution in [2.45, 2.75) is 38.2 Å². The van der Waals surface area contributed by atoms with E-state index in [4.69, 9.17) is 18.0 Å². The molecule has 16 heavy (non-hydrogen) atoms. The van der Waals surface area contributed by atoms with Gasteiger partial charge < -0.3 is 15.7 Å². The molecule has 0 aromatic heterocycles.